The summed E-state index contributed by atoms with van der Waals surface area (Å²) in [6.07, 6.45) is -16.6. The van der Waals surface area contributed by atoms with Crippen molar-refractivity contribution in [2.24, 2.45) is 16.7 Å². The number of rotatable bonds is 12. The fourth-order valence-corrected chi connectivity index (χ4v) is 11.3. The number of carbonyl (C=O) groups excluding carboxylic acids is 7. The molecule has 3 fully saturated rings. The van der Waals surface area contributed by atoms with E-state index in [1.54, 1.807) is 54.6 Å². The van der Waals surface area contributed by atoms with Crippen LogP contribution in [-0.4, -0.2) is 106 Å². The summed E-state index contributed by atoms with van der Waals surface area (Å²) < 4.78 is 78.3. The smallest absolute Gasteiger partial charge is 0.416 e. The van der Waals surface area contributed by atoms with Crippen LogP contribution in [0.25, 0.3) is 0 Å². The lowest BCUT2D eigenvalue weighted by Crippen LogP contribution is -2.82. The first-order valence-corrected chi connectivity index (χ1v) is 23.7. The average Bonchev–Trinajstić information content (AvgIpc) is 3.36. The molecule has 390 valence electrons. The van der Waals surface area contributed by atoms with E-state index < -0.39 is 142 Å². The molecule has 4 aliphatic rings. The van der Waals surface area contributed by atoms with Crippen molar-refractivity contribution in [2.75, 3.05) is 6.61 Å². The Morgan fingerprint density at radius 2 is 1.36 bits per heavy atom. The SMILES string of the molecule is CC(=O)O[C@H]1C(=O)[C@@]2(C)C(C(OC(=O)c3ccccc3)[C@]3(O)C[C@H](OC(=O)[C@H](OC(=O)c4cccc(C(F)(F)F)c4)[C@@H](NC(=O)c4ccccc4)c4ccccc4)C(C)=C1C3(C)C)[C@]1(OC(C)=O)CO[C@@H]1C[C@@H]2O. The van der Waals surface area contributed by atoms with Gasteiger partial charge in [-0.2, -0.15) is 13.2 Å². The third-order valence-corrected chi connectivity index (χ3v) is 15.1. The first-order chi connectivity index (χ1) is 34.8. The van der Waals surface area contributed by atoms with E-state index >= 15 is 9.59 Å². The summed E-state index contributed by atoms with van der Waals surface area (Å²) in [4.78, 5) is 100.0. The first-order valence-electron chi connectivity index (χ1n) is 23.7. The van der Waals surface area contributed by atoms with Crippen molar-refractivity contribution in [2.45, 2.75) is 114 Å². The normalized spacial score (nSPS) is 28.7. The number of aliphatic hydroxyl groups is 2. The largest absolute Gasteiger partial charge is 0.455 e. The van der Waals surface area contributed by atoms with E-state index in [1.807, 2.05) is 0 Å². The molecule has 8 rings (SSSR count). The molecular weight excluding hydrogens is 972 g/mol. The second-order valence-electron chi connectivity index (χ2n) is 19.8. The van der Waals surface area contributed by atoms with Crippen molar-refractivity contribution in [3.63, 3.8) is 0 Å². The lowest BCUT2D eigenvalue weighted by molar-refractivity contribution is -0.346. The molecule has 4 aromatic rings. The van der Waals surface area contributed by atoms with Crippen molar-refractivity contribution in [1.82, 2.24) is 5.32 Å². The third-order valence-electron chi connectivity index (χ3n) is 15.1. The van der Waals surface area contributed by atoms with Gasteiger partial charge in [0, 0.05) is 37.7 Å². The maximum absolute atomic E-state index is 15.7. The fraction of sp³-hybridized carbons (Fsp3) is 0.400. The average molecular weight is 1030 g/mol. The summed E-state index contributed by atoms with van der Waals surface area (Å²) in [6.45, 7) is 7.45. The number of amides is 1. The Balaban J connectivity index is 1.32. The van der Waals surface area contributed by atoms with Gasteiger partial charge in [-0.05, 0) is 73.0 Å². The van der Waals surface area contributed by atoms with Crippen molar-refractivity contribution in [1.29, 1.82) is 0 Å². The van der Waals surface area contributed by atoms with Gasteiger partial charge in [0.1, 0.15) is 30.0 Å². The monoisotopic (exact) mass is 1030 g/mol. The van der Waals surface area contributed by atoms with E-state index in [1.165, 1.54) is 64.1 Å². The number of ether oxygens (including phenoxy) is 6. The number of fused-ring (bicyclic) bond motifs is 5. The first kappa shape index (κ1) is 53.1. The lowest BCUT2D eigenvalue weighted by atomic mass is 9.44. The van der Waals surface area contributed by atoms with Crippen LogP contribution in [0.3, 0.4) is 0 Å². The topological polar surface area (TPSA) is 227 Å². The Morgan fingerprint density at radius 1 is 0.770 bits per heavy atom. The van der Waals surface area contributed by atoms with Gasteiger partial charge in [-0.1, -0.05) is 86.6 Å². The number of nitrogens with one attached hydrogen (secondary N) is 1. The van der Waals surface area contributed by atoms with Crippen LogP contribution >= 0.6 is 0 Å². The highest BCUT2D eigenvalue weighted by molar-refractivity contribution is 5.97. The Bertz CT molecular complexity index is 2890. The Kier molecular flexibility index (Phi) is 14.3. The van der Waals surface area contributed by atoms with Gasteiger partial charge in [0.15, 0.2) is 17.5 Å². The van der Waals surface area contributed by atoms with Crippen LogP contribution in [0.15, 0.2) is 126 Å². The number of halogens is 3. The second kappa shape index (κ2) is 19.9. The zero-order chi connectivity index (χ0) is 53.7. The van der Waals surface area contributed by atoms with E-state index in [2.05, 4.69) is 5.32 Å². The van der Waals surface area contributed by atoms with Gasteiger partial charge in [0.25, 0.3) is 5.91 Å². The van der Waals surface area contributed by atoms with Crippen LogP contribution in [0, 0.1) is 16.7 Å². The number of hydrogen-bond acceptors (Lipinski definition) is 15. The Hall–Kier alpha value is -7.22. The molecule has 0 aromatic heterocycles. The van der Waals surface area contributed by atoms with Gasteiger partial charge in [-0.3, -0.25) is 19.2 Å². The van der Waals surface area contributed by atoms with Crippen LogP contribution in [0.5, 0.6) is 0 Å². The van der Waals surface area contributed by atoms with Crippen LogP contribution in [0.4, 0.5) is 13.2 Å². The number of ketones is 1. The number of benzene rings is 4. The van der Waals surface area contributed by atoms with Gasteiger partial charge in [-0.25, -0.2) is 14.4 Å². The van der Waals surface area contributed by atoms with Crippen molar-refractivity contribution in [3.8, 4) is 0 Å². The quantitative estimate of drug-likeness (QED) is 0.0770. The molecule has 3 N–H and O–H groups in total. The predicted molar refractivity (Wildman–Crippen MR) is 252 cm³/mol. The number of aliphatic hydroxyl groups excluding tert-OH is 1. The number of alkyl halides is 3. The molecule has 19 heteroatoms. The Labute approximate surface area is 423 Å². The highest BCUT2D eigenvalue weighted by Crippen LogP contribution is 2.64. The zero-order valence-corrected chi connectivity index (χ0v) is 41.0. The number of carbonyl (C=O) groups is 7. The lowest BCUT2D eigenvalue weighted by Gasteiger charge is -2.67. The summed E-state index contributed by atoms with van der Waals surface area (Å²) >= 11 is 0. The highest BCUT2D eigenvalue weighted by atomic mass is 19.4. The third kappa shape index (κ3) is 9.36. The molecule has 4 aromatic carbocycles. The summed E-state index contributed by atoms with van der Waals surface area (Å²) in [6, 6.07) is 24.6. The summed E-state index contributed by atoms with van der Waals surface area (Å²) in [5, 5.41) is 28.9. The number of hydrogen-bond donors (Lipinski definition) is 3. The molecule has 16 nitrogen and oxygen atoms in total. The maximum atomic E-state index is 15.7. The minimum absolute atomic E-state index is 0.0123. The molecule has 2 unspecified atom stereocenters. The maximum Gasteiger partial charge on any atom is 0.416 e. The standard InChI is InChI=1S/C55H54F3NO15/c1-29-37(71-50(67)43(72-49(66)35-23-16-24-36(25-35)55(56,57)58)41(32-17-10-7-11-18-32)59-47(64)33-19-12-8-13-20-33)27-54(68)46(73-48(65)34-21-14-9-15-22-34)44-52(6,38(62)26-39-53(44,28-69-39)74-31(3)61)45(63)42(70-30(2)60)40(29)51(54,4)5/h7-25,37-39,41-44,46,62,68H,26-28H2,1-6H3,(H,59,64)/t37-,38-,39+,41-,42+,43+,44?,46?,52+,53-,54+/m0/s1. The van der Waals surface area contributed by atoms with Crippen LogP contribution in [-0.2, 0) is 53.8 Å². The van der Waals surface area contributed by atoms with Crippen LogP contribution in [0.1, 0.15) is 103 Å². The molecule has 1 heterocycles. The molecule has 11 atom stereocenters. The molecule has 3 aliphatic carbocycles. The molecule has 0 radical (unpaired) electrons. The van der Waals surface area contributed by atoms with Gasteiger partial charge in [-0.15, -0.1) is 0 Å². The molecule has 1 aliphatic heterocycles. The van der Waals surface area contributed by atoms with E-state index in [0.29, 0.717) is 6.07 Å². The zero-order valence-electron chi connectivity index (χ0n) is 41.0. The minimum Gasteiger partial charge on any atom is -0.455 e. The highest BCUT2D eigenvalue weighted by Gasteiger charge is 2.78. The predicted octanol–water partition coefficient (Wildman–Crippen LogP) is 6.62. The molecule has 74 heavy (non-hydrogen) atoms. The van der Waals surface area contributed by atoms with Crippen molar-refractivity contribution in [3.05, 3.63) is 154 Å². The molecule has 2 saturated carbocycles. The summed E-state index contributed by atoms with van der Waals surface area (Å²) in [5.74, 6) is -9.14. The molecule has 2 bridgehead atoms. The molecular formula is C55H54F3NO15. The van der Waals surface area contributed by atoms with Gasteiger partial charge in [0.2, 0.25) is 6.10 Å². The van der Waals surface area contributed by atoms with E-state index in [4.69, 9.17) is 28.4 Å². The van der Waals surface area contributed by atoms with Gasteiger partial charge in [0.05, 0.1) is 40.7 Å². The van der Waals surface area contributed by atoms with E-state index in [-0.39, 0.29) is 34.3 Å². The van der Waals surface area contributed by atoms with E-state index in [9.17, 15) is 47.4 Å². The number of esters is 5. The molecule has 0 spiro atoms. The summed E-state index contributed by atoms with van der Waals surface area (Å²) in [5.41, 5.74) is -10.2. The molecule has 1 saturated heterocycles. The minimum atomic E-state index is -4.89. The van der Waals surface area contributed by atoms with Crippen molar-refractivity contribution >= 4 is 41.5 Å². The van der Waals surface area contributed by atoms with Crippen LogP contribution < -0.4 is 5.32 Å². The summed E-state index contributed by atoms with van der Waals surface area (Å²) in [7, 11) is 0. The fourth-order valence-electron chi connectivity index (χ4n) is 11.3. The Morgan fingerprint density at radius 3 is 1.93 bits per heavy atom. The van der Waals surface area contributed by atoms with Gasteiger partial charge < -0.3 is 44.0 Å². The van der Waals surface area contributed by atoms with Gasteiger partial charge >= 0.3 is 36.0 Å². The molecule has 1 amide bonds. The van der Waals surface area contributed by atoms with Crippen LogP contribution in [0.2, 0.25) is 0 Å². The number of Topliss-reactive ketones (excluding diaryl/α,β-unsaturated/α-hetero) is 1. The second-order valence-corrected chi connectivity index (χ2v) is 19.8. The van der Waals surface area contributed by atoms with E-state index in [0.717, 1.165) is 32.0 Å². The van der Waals surface area contributed by atoms with Crippen molar-refractivity contribution < 1.29 is 85.4 Å².